The Labute approximate surface area is 154 Å². The van der Waals surface area contributed by atoms with Crippen molar-refractivity contribution in [2.75, 3.05) is 0 Å². The van der Waals surface area contributed by atoms with E-state index in [9.17, 15) is 0 Å². The van der Waals surface area contributed by atoms with Crippen molar-refractivity contribution in [1.29, 1.82) is 0 Å². The lowest BCUT2D eigenvalue weighted by Gasteiger charge is -2.28. The van der Waals surface area contributed by atoms with Gasteiger partial charge in [-0.2, -0.15) is 0 Å². The molecular weight excluding hydrogens is 324 g/mol. The van der Waals surface area contributed by atoms with E-state index >= 15 is 0 Å². The molecule has 1 aliphatic carbocycles. The number of aryl methyl sites for hydroxylation is 2. The molecule has 0 amide bonds. The quantitative estimate of drug-likeness (QED) is 0.702. The molecule has 0 aliphatic heterocycles. The van der Waals surface area contributed by atoms with Crippen molar-refractivity contribution in [3.05, 3.63) is 65.9 Å². The monoisotopic (exact) mass is 348 g/mol. The van der Waals surface area contributed by atoms with Gasteiger partial charge in [0, 0.05) is 23.9 Å². The van der Waals surface area contributed by atoms with Gasteiger partial charge >= 0.3 is 0 Å². The van der Waals surface area contributed by atoms with Gasteiger partial charge in [0.2, 0.25) is 5.88 Å². The fraction of sp³-hybridized carbons (Fsp3) is 0.381. The Bertz CT molecular complexity index is 849. The van der Waals surface area contributed by atoms with Crippen molar-refractivity contribution in [2.45, 2.75) is 51.6 Å². The van der Waals surface area contributed by atoms with Crippen LogP contribution < -0.4 is 4.74 Å². The van der Waals surface area contributed by atoms with Gasteiger partial charge in [-0.15, -0.1) is 10.2 Å². The molecule has 5 nitrogen and oxygen atoms in total. The molecule has 5 heteroatoms. The normalized spacial score (nSPS) is 20.1. The highest BCUT2D eigenvalue weighted by Crippen LogP contribution is 2.34. The first-order valence-electron chi connectivity index (χ1n) is 9.27. The molecule has 0 atom stereocenters. The minimum absolute atomic E-state index is 0.234. The summed E-state index contributed by atoms with van der Waals surface area (Å²) in [6, 6.07) is 14.3. The maximum absolute atomic E-state index is 6.02. The lowest BCUT2D eigenvalue weighted by atomic mass is 9.86. The molecule has 1 aromatic carbocycles. The first-order chi connectivity index (χ1) is 12.7. The van der Waals surface area contributed by atoms with Crippen molar-refractivity contribution >= 4 is 0 Å². The standard InChI is InChI=1S/C21H24N4O/c1-15-6-10-18(11-7-15)25-16(2)23-24-21(25)17-8-12-19(13-9-17)26-20-5-3-4-14-22-20/h3-7,10-11,14,17,19H,8-9,12-13H2,1-2H3/t17-,19-. The van der Waals surface area contributed by atoms with E-state index in [2.05, 4.69) is 50.9 Å². The van der Waals surface area contributed by atoms with Gasteiger partial charge in [0.25, 0.3) is 0 Å². The minimum atomic E-state index is 0.234. The third-order valence-corrected chi connectivity index (χ3v) is 5.11. The van der Waals surface area contributed by atoms with Gasteiger partial charge in [0.1, 0.15) is 17.8 Å². The summed E-state index contributed by atoms with van der Waals surface area (Å²) >= 11 is 0. The van der Waals surface area contributed by atoms with Crippen LogP contribution >= 0.6 is 0 Å². The Hall–Kier alpha value is -2.69. The maximum Gasteiger partial charge on any atom is 0.213 e. The van der Waals surface area contributed by atoms with Crippen LogP contribution in [0.5, 0.6) is 5.88 Å². The number of ether oxygens (including phenoxy) is 1. The van der Waals surface area contributed by atoms with Crippen LogP contribution in [-0.4, -0.2) is 25.9 Å². The molecule has 1 saturated carbocycles. The number of hydrogen-bond donors (Lipinski definition) is 0. The van der Waals surface area contributed by atoms with E-state index < -0.39 is 0 Å². The third kappa shape index (κ3) is 3.47. The first-order valence-corrected chi connectivity index (χ1v) is 9.27. The number of benzene rings is 1. The third-order valence-electron chi connectivity index (χ3n) is 5.11. The highest BCUT2D eigenvalue weighted by atomic mass is 16.5. The number of hydrogen-bond acceptors (Lipinski definition) is 4. The second kappa shape index (κ2) is 7.28. The van der Waals surface area contributed by atoms with Crippen molar-refractivity contribution in [3.8, 4) is 11.6 Å². The van der Waals surface area contributed by atoms with Gasteiger partial charge in [-0.3, -0.25) is 4.57 Å². The number of aromatic nitrogens is 4. The van der Waals surface area contributed by atoms with E-state index in [1.807, 2.05) is 25.1 Å². The lowest BCUT2D eigenvalue weighted by Crippen LogP contribution is -2.25. The summed E-state index contributed by atoms with van der Waals surface area (Å²) in [6.45, 7) is 4.12. The molecule has 26 heavy (non-hydrogen) atoms. The van der Waals surface area contributed by atoms with Gasteiger partial charge in [-0.05, 0) is 57.7 Å². The summed E-state index contributed by atoms with van der Waals surface area (Å²) in [5.41, 5.74) is 2.40. The predicted octanol–water partition coefficient (Wildman–Crippen LogP) is 4.38. The molecule has 0 saturated heterocycles. The van der Waals surface area contributed by atoms with Crippen molar-refractivity contribution in [3.63, 3.8) is 0 Å². The summed E-state index contributed by atoms with van der Waals surface area (Å²) in [5, 5.41) is 8.86. The molecule has 0 N–H and O–H groups in total. The van der Waals surface area contributed by atoms with Crippen molar-refractivity contribution in [2.24, 2.45) is 0 Å². The van der Waals surface area contributed by atoms with E-state index in [0.29, 0.717) is 5.92 Å². The fourth-order valence-corrected chi connectivity index (χ4v) is 3.68. The zero-order valence-electron chi connectivity index (χ0n) is 15.3. The van der Waals surface area contributed by atoms with Crippen LogP contribution in [0.15, 0.2) is 48.7 Å². The van der Waals surface area contributed by atoms with Gasteiger partial charge in [0.05, 0.1) is 0 Å². The number of nitrogens with zero attached hydrogens (tertiary/aromatic N) is 4. The summed E-state index contributed by atoms with van der Waals surface area (Å²) < 4.78 is 8.22. The Morgan fingerprint density at radius 3 is 2.38 bits per heavy atom. The van der Waals surface area contributed by atoms with Gasteiger partial charge in [0.15, 0.2) is 0 Å². The summed E-state index contributed by atoms with van der Waals surface area (Å²) in [7, 11) is 0. The largest absolute Gasteiger partial charge is 0.474 e. The summed E-state index contributed by atoms with van der Waals surface area (Å²) in [4.78, 5) is 4.27. The first kappa shape index (κ1) is 16.8. The molecule has 2 heterocycles. The lowest BCUT2D eigenvalue weighted by molar-refractivity contribution is 0.139. The molecule has 134 valence electrons. The van der Waals surface area contributed by atoms with Gasteiger partial charge in [-0.1, -0.05) is 23.8 Å². The van der Waals surface area contributed by atoms with Crippen LogP contribution in [0, 0.1) is 13.8 Å². The maximum atomic E-state index is 6.02. The topological polar surface area (TPSA) is 52.8 Å². The number of pyridine rings is 1. The van der Waals surface area contributed by atoms with Gasteiger partial charge < -0.3 is 4.74 Å². The minimum Gasteiger partial charge on any atom is -0.474 e. The molecule has 0 unspecified atom stereocenters. The van der Waals surface area contributed by atoms with Crippen LogP contribution in [-0.2, 0) is 0 Å². The molecule has 4 rings (SSSR count). The SMILES string of the molecule is Cc1ccc(-n2c(C)nnc2[C@H]2CC[C@H](Oc3ccccn3)CC2)cc1. The Kier molecular flexibility index (Phi) is 4.69. The molecule has 2 aromatic heterocycles. The Balaban J connectivity index is 1.47. The van der Waals surface area contributed by atoms with Gasteiger partial charge in [-0.25, -0.2) is 4.98 Å². The fourth-order valence-electron chi connectivity index (χ4n) is 3.68. The second-order valence-electron chi connectivity index (χ2n) is 7.04. The molecule has 1 aliphatic rings. The Morgan fingerprint density at radius 1 is 0.923 bits per heavy atom. The predicted molar refractivity (Wildman–Crippen MR) is 101 cm³/mol. The van der Waals surface area contributed by atoms with E-state index in [1.54, 1.807) is 6.20 Å². The van der Waals surface area contributed by atoms with Crippen LogP contribution in [0.4, 0.5) is 0 Å². The molecule has 1 fully saturated rings. The molecular formula is C21H24N4O. The average Bonchev–Trinajstić information content (AvgIpc) is 3.05. The van der Waals surface area contributed by atoms with E-state index in [0.717, 1.165) is 48.9 Å². The van der Waals surface area contributed by atoms with E-state index in [4.69, 9.17) is 4.74 Å². The van der Waals surface area contributed by atoms with Crippen molar-refractivity contribution < 1.29 is 4.74 Å². The molecule has 0 bridgehead atoms. The average molecular weight is 348 g/mol. The van der Waals surface area contributed by atoms with Crippen molar-refractivity contribution in [1.82, 2.24) is 19.7 Å². The molecule has 0 radical (unpaired) electrons. The highest BCUT2D eigenvalue weighted by molar-refractivity contribution is 5.37. The summed E-state index contributed by atoms with van der Waals surface area (Å²) in [6.07, 6.45) is 6.15. The molecule has 3 aromatic rings. The zero-order chi connectivity index (χ0) is 17.9. The van der Waals surface area contributed by atoms with Crippen LogP contribution in [0.25, 0.3) is 5.69 Å². The highest BCUT2D eigenvalue weighted by Gasteiger charge is 2.28. The van der Waals surface area contributed by atoms with E-state index in [-0.39, 0.29) is 6.10 Å². The summed E-state index contributed by atoms with van der Waals surface area (Å²) in [5.74, 6) is 3.15. The van der Waals surface area contributed by atoms with Crippen LogP contribution in [0.2, 0.25) is 0 Å². The zero-order valence-corrected chi connectivity index (χ0v) is 15.3. The smallest absolute Gasteiger partial charge is 0.213 e. The number of rotatable bonds is 4. The van der Waals surface area contributed by atoms with E-state index in [1.165, 1.54) is 5.56 Å². The second-order valence-corrected chi connectivity index (χ2v) is 7.04. The van der Waals surface area contributed by atoms with Crippen LogP contribution in [0.1, 0.15) is 48.8 Å². The molecule has 0 spiro atoms. The van der Waals surface area contributed by atoms with Crippen LogP contribution in [0.3, 0.4) is 0 Å². The Morgan fingerprint density at radius 2 is 1.69 bits per heavy atom.